The van der Waals surface area contributed by atoms with Gasteiger partial charge in [-0.3, -0.25) is 0 Å². The maximum absolute atomic E-state index is 3.69. The molecular weight excluding hydrogens is 211 g/mol. The van der Waals surface area contributed by atoms with E-state index in [2.05, 4.69) is 66.7 Å². The smallest absolute Gasteiger partial charge is 0.0101 e. The minimum atomic E-state index is -0.450. The summed E-state index contributed by atoms with van der Waals surface area (Å²) in [6, 6.07) is 21.0. The van der Waals surface area contributed by atoms with E-state index in [1.165, 1.54) is 10.6 Å². The second kappa shape index (κ2) is 5.47. The molecule has 0 bridgehead atoms. The Balaban J connectivity index is 2.43. The lowest BCUT2D eigenvalue weighted by atomic mass is 10.4. The fourth-order valence-electron chi connectivity index (χ4n) is 1.57. The summed E-state index contributed by atoms with van der Waals surface area (Å²) < 4.78 is 0. The van der Waals surface area contributed by atoms with E-state index in [9.17, 15) is 0 Å². The van der Waals surface area contributed by atoms with Gasteiger partial charge >= 0.3 is 0 Å². The van der Waals surface area contributed by atoms with E-state index in [-0.39, 0.29) is 0 Å². The molecule has 16 heavy (non-hydrogen) atoms. The molecule has 0 N–H and O–H groups in total. The van der Waals surface area contributed by atoms with Gasteiger partial charge in [0.05, 0.1) is 0 Å². The van der Waals surface area contributed by atoms with Crippen LogP contribution in [0.3, 0.4) is 0 Å². The van der Waals surface area contributed by atoms with Crippen LogP contribution >= 0.6 is 7.92 Å². The van der Waals surface area contributed by atoms with Crippen LogP contribution in [0.1, 0.15) is 0 Å². The van der Waals surface area contributed by atoms with Gasteiger partial charge in [0.25, 0.3) is 0 Å². The molecule has 2 aromatic carbocycles. The van der Waals surface area contributed by atoms with Gasteiger partial charge in [0.1, 0.15) is 0 Å². The van der Waals surface area contributed by atoms with Crippen molar-refractivity contribution in [2.45, 2.75) is 0 Å². The zero-order valence-corrected chi connectivity index (χ0v) is 9.90. The van der Waals surface area contributed by atoms with Crippen molar-refractivity contribution in [1.29, 1.82) is 0 Å². The highest BCUT2D eigenvalue weighted by Crippen LogP contribution is 2.34. The number of benzene rings is 2. The van der Waals surface area contributed by atoms with Gasteiger partial charge in [0.2, 0.25) is 0 Å². The van der Waals surface area contributed by atoms with Gasteiger partial charge in [-0.05, 0) is 24.3 Å². The predicted molar refractivity (Wildman–Crippen MR) is 72.8 cm³/mol. The second-order valence-corrected chi connectivity index (χ2v) is 5.41. The van der Waals surface area contributed by atoms with Crippen LogP contribution in [0.25, 0.3) is 0 Å². The molecule has 2 aromatic rings. The quantitative estimate of drug-likeness (QED) is 0.553. The zero-order chi connectivity index (χ0) is 11.2. The Hall–Kier alpha value is -1.61. The molecule has 1 heteroatoms. The standard InChI is InChI=1S/C15H13P/c1-2-13-16(14-9-5-3-6-10-14)15-11-7-4-8-12-15/h3-13H,1H2. The van der Waals surface area contributed by atoms with Gasteiger partial charge < -0.3 is 0 Å². The van der Waals surface area contributed by atoms with Crippen molar-refractivity contribution in [2.24, 2.45) is 0 Å². The summed E-state index contributed by atoms with van der Waals surface area (Å²) >= 11 is 0. The molecule has 0 heterocycles. The van der Waals surface area contributed by atoms with Crippen molar-refractivity contribution in [3.63, 3.8) is 0 Å². The number of hydrogen-bond donors (Lipinski definition) is 0. The lowest BCUT2D eigenvalue weighted by Crippen LogP contribution is -2.09. The van der Waals surface area contributed by atoms with E-state index < -0.39 is 7.92 Å². The van der Waals surface area contributed by atoms with Crippen molar-refractivity contribution < 1.29 is 0 Å². The fourth-order valence-corrected chi connectivity index (χ4v) is 3.33. The van der Waals surface area contributed by atoms with Crippen LogP contribution < -0.4 is 10.6 Å². The first kappa shape index (κ1) is 10.9. The van der Waals surface area contributed by atoms with Crippen LogP contribution in [0.15, 0.2) is 78.8 Å². The summed E-state index contributed by atoms with van der Waals surface area (Å²) in [6.45, 7) is 3.69. The summed E-state index contributed by atoms with van der Waals surface area (Å²) in [6.07, 6.45) is 0. The first-order chi connectivity index (χ1) is 7.92. The first-order valence-corrected chi connectivity index (χ1v) is 6.58. The molecule has 0 saturated carbocycles. The highest BCUT2D eigenvalue weighted by atomic mass is 31.1. The molecule has 0 fully saturated rings. The molecule has 0 aliphatic rings. The Labute approximate surface area is 97.7 Å². The van der Waals surface area contributed by atoms with Gasteiger partial charge in [-0.2, -0.15) is 0 Å². The molecule has 0 amide bonds. The normalized spacial score (nSPS) is 9.81. The molecular formula is C15H13P. The minimum absolute atomic E-state index is 0.450. The van der Waals surface area contributed by atoms with Gasteiger partial charge in [0, 0.05) is 0 Å². The van der Waals surface area contributed by atoms with Crippen molar-refractivity contribution in [3.8, 4) is 0 Å². The Morgan fingerprint density at radius 2 is 1.25 bits per heavy atom. The third-order valence-corrected chi connectivity index (χ3v) is 4.44. The Kier molecular flexibility index (Phi) is 3.72. The summed E-state index contributed by atoms with van der Waals surface area (Å²) in [5, 5.41) is 2.67. The monoisotopic (exact) mass is 224 g/mol. The maximum Gasteiger partial charge on any atom is -0.0101 e. The molecule has 2 rings (SSSR count). The predicted octanol–water partition coefficient (Wildman–Crippen LogP) is 3.42. The Bertz CT molecular complexity index is 442. The largest absolute Gasteiger partial charge is 0.128 e. The van der Waals surface area contributed by atoms with E-state index in [1.807, 2.05) is 12.1 Å². The minimum Gasteiger partial charge on any atom is -0.128 e. The molecule has 0 saturated heterocycles. The lowest BCUT2D eigenvalue weighted by molar-refractivity contribution is 1.75. The van der Waals surface area contributed by atoms with Crippen molar-refractivity contribution in [1.82, 2.24) is 0 Å². The van der Waals surface area contributed by atoms with Crippen LogP contribution in [-0.2, 0) is 0 Å². The lowest BCUT2D eigenvalue weighted by Gasteiger charge is -2.12. The highest BCUT2D eigenvalue weighted by molar-refractivity contribution is 7.75. The van der Waals surface area contributed by atoms with E-state index in [0.29, 0.717) is 0 Å². The average molecular weight is 224 g/mol. The Morgan fingerprint density at radius 3 is 1.62 bits per heavy atom. The summed E-state index contributed by atoms with van der Waals surface area (Å²) in [7, 11) is -0.450. The van der Waals surface area contributed by atoms with Gasteiger partial charge in [-0.1, -0.05) is 67.2 Å². The summed E-state index contributed by atoms with van der Waals surface area (Å²) in [5.74, 6) is 2.07. The van der Waals surface area contributed by atoms with E-state index in [1.54, 1.807) is 0 Å². The fraction of sp³-hybridized carbons (Fsp3) is 0. The topological polar surface area (TPSA) is 0 Å². The van der Waals surface area contributed by atoms with Gasteiger partial charge in [-0.15, -0.1) is 5.73 Å². The average Bonchev–Trinajstić information content (AvgIpc) is 2.38. The molecule has 0 aliphatic heterocycles. The molecule has 0 spiro atoms. The highest BCUT2D eigenvalue weighted by Gasteiger charge is 2.08. The van der Waals surface area contributed by atoms with Crippen molar-refractivity contribution in [2.75, 3.05) is 0 Å². The van der Waals surface area contributed by atoms with Crippen LogP contribution in [0.4, 0.5) is 0 Å². The summed E-state index contributed by atoms with van der Waals surface area (Å²) in [5.41, 5.74) is 2.92. The maximum atomic E-state index is 3.69. The van der Waals surface area contributed by atoms with Crippen LogP contribution in [0.2, 0.25) is 0 Å². The molecule has 0 aliphatic carbocycles. The zero-order valence-electron chi connectivity index (χ0n) is 9.01. The molecule has 0 unspecified atom stereocenters. The third kappa shape index (κ3) is 2.49. The van der Waals surface area contributed by atoms with E-state index >= 15 is 0 Å². The van der Waals surface area contributed by atoms with Gasteiger partial charge in [-0.25, -0.2) is 0 Å². The van der Waals surface area contributed by atoms with Crippen LogP contribution in [0.5, 0.6) is 0 Å². The first-order valence-electron chi connectivity index (χ1n) is 5.17. The van der Waals surface area contributed by atoms with Crippen LogP contribution in [0, 0.1) is 0 Å². The number of rotatable bonds is 3. The third-order valence-electron chi connectivity index (χ3n) is 2.29. The molecule has 0 aromatic heterocycles. The molecule has 0 radical (unpaired) electrons. The molecule has 0 atom stereocenters. The second-order valence-electron chi connectivity index (χ2n) is 3.37. The van der Waals surface area contributed by atoms with Gasteiger partial charge in [0.15, 0.2) is 0 Å². The molecule has 78 valence electrons. The van der Waals surface area contributed by atoms with Crippen LogP contribution in [-0.4, -0.2) is 0 Å². The van der Waals surface area contributed by atoms with E-state index in [0.717, 1.165) is 0 Å². The SMILES string of the molecule is C=C=CP(c1ccccc1)c1ccccc1. The van der Waals surface area contributed by atoms with Crippen molar-refractivity contribution >= 4 is 18.5 Å². The number of hydrogen-bond acceptors (Lipinski definition) is 0. The Morgan fingerprint density at radius 1 is 0.812 bits per heavy atom. The van der Waals surface area contributed by atoms with E-state index in [4.69, 9.17) is 0 Å². The molecule has 0 nitrogen and oxygen atoms in total. The van der Waals surface area contributed by atoms with Crippen molar-refractivity contribution in [3.05, 3.63) is 78.8 Å². The summed E-state index contributed by atoms with van der Waals surface area (Å²) in [4.78, 5) is 0.